The summed E-state index contributed by atoms with van der Waals surface area (Å²) in [5.41, 5.74) is 5.93. The summed E-state index contributed by atoms with van der Waals surface area (Å²) in [4.78, 5) is 22.8. The Morgan fingerprint density at radius 3 is 2.69 bits per heavy atom. The van der Waals surface area contributed by atoms with E-state index in [2.05, 4.69) is 38.6 Å². The lowest BCUT2D eigenvalue weighted by Gasteiger charge is -2.32. The zero-order chi connectivity index (χ0) is 27.5. The van der Waals surface area contributed by atoms with Gasteiger partial charge in [0.25, 0.3) is 5.91 Å². The molecule has 1 atom stereocenters. The number of nitrogens with zero attached hydrogens (tertiary/aromatic N) is 4. The maximum Gasteiger partial charge on any atom is 0.433 e. The van der Waals surface area contributed by atoms with Gasteiger partial charge in [-0.3, -0.25) is 9.48 Å². The number of carbonyl (C=O) groups is 1. The SMILES string of the molecule is Cc1c[nH]c2ncc(-c3cc4c(c([C@@H]5CCCN5)c3)CN(C(=O)c3cnn(C(C)C)c3C(F)(F)F)CC4)cc12. The third-order valence-corrected chi connectivity index (χ3v) is 7.95. The molecule has 0 aliphatic carbocycles. The third kappa shape index (κ3) is 4.50. The van der Waals surface area contributed by atoms with Crippen LogP contribution in [0, 0.1) is 6.92 Å². The highest BCUT2D eigenvalue weighted by molar-refractivity contribution is 5.95. The number of aromatic amines is 1. The fraction of sp³-hybridized carbons (Fsp3) is 0.414. The number of halogens is 3. The van der Waals surface area contributed by atoms with Crippen LogP contribution in [0.25, 0.3) is 22.2 Å². The number of benzene rings is 1. The minimum atomic E-state index is -4.68. The predicted molar refractivity (Wildman–Crippen MR) is 142 cm³/mol. The number of hydrogen-bond donors (Lipinski definition) is 2. The quantitative estimate of drug-likeness (QED) is 0.338. The van der Waals surface area contributed by atoms with Gasteiger partial charge in [-0.2, -0.15) is 18.3 Å². The smallest absolute Gasteiger partial charge is 0.346 e. The predicted octanol–water partition coefficient (Wildman–Crippen LogP) is 5.96. The number of alkyl halides is 3. The molecule has 3 aromatic heterocycles. The highest BCUT2D eigenvalue weighted by atomic mass is 19.4. The van der Waals surface area contributed by atoms with Gasteiger partial charge in [-0.1, -0.05) is 6.07 Å². The first-order chi connectivity index (χ1) is 18.6. The van der Waals surface area contributed by atoms with Crippen molar-refractivity contribution in [3.63, 3.8) is 0 Å². The van der Waals surface area contributed by atoms with Crippen LogP contribution >= 0.6 is 0 Å². The van der Waals surface area contributed by atoms with Gasteiger partial charge in [0.15, 0.2) is 5.69 Å². The molecule has 5 heterocycles. The van der Waals surface area contributed by atoms with Crippen LogP contribution in [-0.2, 0) is 19.1 Å². The molecular formula is C29H31F3N6O. The number of rotatable bonds is 4. The van der Waals surface area contributed by atoms with E-state index in [1.54, 1.807) is 13.8 Å². The Balaban J connectivity index is 1.39. The average Bonchev–Trinajstić information content (AvgIpc) is 3.67. The monoisotopic (exact) mass is 536 g/mol. The third-order valence-electron chi connectivity index (χ3n) is 7.95. The van der Waals surface area contributed by atoms with E-state index in [9.17, 15) is 18.0 Å². The van der Waals surface area contributed by atoms with Crippen molar-refractivity contribution in [1.82, 2.24) is 30.0 Å². The summed E-state index contributed by atoms with van der Waals surface area (Å²) < 4.78 is 42.9. The van der Waals surface area contributed by atoms with Crippen molar-refractivity contribution in [3.05, 3.63) is 70.3 Å². The molecule has 4 aromatic rings. The molecule has 2 aliphatic heterocycles. The summed E-state index contributed by atoms with van der Waals surface area (Å²) in [5, 5.41) is 8.57. The lowest BCUT2D eigenvalue weighted by Crippen LogP contribution is -2.38. The Morgan fingerprint density at radius 1 is 1.15 bits per heavy atom. The fourth-order valence-electron chi connectivity index (χ4n) is 5.95. The van der Waals surface area contributed by atoms with Crippen LogP contribution in [0.5, 0.6) is 0 Å². The van der Waals surface area contributed by atoms with Gasteiger partial charge in [0, 0.05) is 48.5 Å². The van der Waals surface area contributed by atoms with Gasteiger partial charge < -0.3 is 15.2 Å². The molecule has 0 spiro atoms. The average molecular weight is 537 g/mol. The van der Waals surface area contributed by atoms with Crippen LogP contribution in [0.4, 0.5) is 13.2 Å². The normalized spacial score (nSPS) is 17.8. The fourth-order valence-corrected chi connectivity index (χ4v) is 5.95. The first kappa shape index (κ1) is 25.6. The number of nitrogens with one attached hydrogen (secondary N) is 2. The largest absolute Gasteiger partial charge is 0.433 e. The van der Waals surface area contributed by atoms with Crippen LogP contribution in [0.3, 0.4) is 0 Å². The van der Waals surface area contributed by atoms with Crippen LogP contribution in [-0.4, -0.2) is 43.6 Å². The zero-order valence-corrected chi connectivity index (χ0v) is 22.2. The zero-order valence-electron chi connectivity index (χ0n) is 22.2. The minimum absolute atomic E-state index is 0.133. The molecule has 6 rings (SSSR count). The summed E-state index contributed by atoms with van der Waals surface area (Å²) in [5.74, 6) is -0.633. The van der Waals surface area contributed by atoms with Gasteiger partial charge in [-0.15, -0.1) is 0 Å². The van der Waals surface area contributed by atoms with Crippen LogP contribution in [0.15, 0.2) is 36.8 Å². The molecule has 0 unspecified atom stereocenters. The highest BCUT2D eigenvalue weighted by Gasteiger charge is 2.42. The van der Waals surface area contributed by atoms with Gasteiger partial charge >= 0.3 is 6.18 Å². The summed E-state index contributed by atoms with van der Waals surface area (Å²) in [7, 11) is 0. The van der Waals surface area contributed by atoms with Gasteiger partial charge in [0.05, 0.1) is 11.8 Å². The molecule has 1 saturated heterocycles. The molecular weight excluding hydrogens is 505 g/mol. The van der Waals surface area contributed by atoms with E-state index in [4.69, 9.17) is 0 Å². The summed E-state index contributed by atoms with van der Waals surface area (Å²) in [6.45, 7) is 6.80. The van der Waals surface area contributed by atoms with E-state index in [0.29, 0.717) is 13.0 Å². The summed E-state index contributed by atoms with van der Waals surface area (Å²) in [6.07, 6.45) is 2.78. The first-order valence-corrected chi connectivity index (χ1v) is 13.4. The molecule has 0 saturated carbocycles. The summed E-state index contributed by atoms with van der Waals surface area (Å²) >= 11 is 0. The van der Waals surface area contributed by atoms with E-state index < -0.39 is 29.4 Å². The van der Waals surface area contributed by atoms with E-state index in [1.165, 1.54) is 4.90 Å². The Kier molecular flexibility index (Phi) is 6.25. The van der Waals surface area contributed by atoms with Crippen LogP contribution in [0.2, 0.25) is 0 Å². The lowest BCUT2D eigenvalue weighted by molar-refractivity contribution is -0.145. The second-order valence-electron chi connectivity index (χ2n) is 10.9. The molecule has 0 bridgehead atoms. The topological polar surface area (TPSA) is 78.8 Å². The maximum atomic E-state index is 14.0. The Morgan fingerprint density at radius 2 is 1.97 bits per heavy atom. The standard InChI is InChI=1S/C29H31F3N6O/c1-16(2)38-26(29(30,31)32)23(14-36-38)28(39)37-8-6-18-9-19(10-22(24(18)15-37)25-5-4-7-33-25)20-11-21-17(3)12-34-27(21)35-13-20/h9-14,16,25,33H,4-8,15H2,1-3H3,(H,34,35)/t25-/m0/s1. The molecule has 39 heavy (non-hydrogen) atoms. The van der Waals surface area contributed by atoms with E-state index in [0.717, 1.165) is 74.7 Å². The number of amides is 1. The van der Waals surface area contributed by atoms with Crippen molar-refractivity contribution in [1.29, 1.82) is 0 Å². The molecule has 7 nitrogen and oxygen atoms in total. The molecule has 1 amide bonds. The number of fused-ring (bicyclic) bond motifs is 2. The highest BCUT2D eigenvalue weighted by Crippen LogP contribution is 2.38. The molecule has 204 valence electrons. The van der Waals surface area contributed by atoms with Gasteiger partial charge in [-0.05, 0) is 86.5 Å². The summed E-state index contributed by atoms with van der Waals surface area (Å²) in [6, 6.07) is 6.07. The molecule has 2 N–H and O–H groups in total. The Bertz CT molecular complexity index is 1560. The number of aromatic nitrogens is 4. The number of pyridine rings is 1. The van der Waals surface area contributed by atoms with Crippen molar-refractivity contribution in [2.75, 3.05) is 13.1 Å². The van der Waals surface area contributed by atoms with E-state index in [1.807, 2.05) is 19.3 Å². The van der Waals surface area contributed by atoms with Crippen LogP contribution in [0.1, 0.15) is 77.1 Å². The number of hydrogen-bond acceptors (Lipinski definition) is 4. The van der Waals surface area contributed by atoms with Crippen molar-refractivity contribution < 1.29 is 18.0 Å². The van der Waals surface area contributed by atoms with Gasteiger partial charge in [0.1, 0.15) is 5.65 Å². The molecule has 10 heteroatoms. The van der Waals surface area contributed by atoms with Crippen molar-refractivity contribution in [3.8, 4) is 11.1 Å². The second-order valence-corrected chi connectivity index (χ2v) is 10.9. The number of carbonyl (C=O) groups excluding carboxylic acids is 1. The van der Waals surface area contributed by atoms with Gasteiger partial charge in [0.2, 0.25) is 0 Å². The minimum Gasteiger partial charge on any atom is -0.346 e. The van der Waals surface area contributed by atoms with Crippen molar-refractivity contribution in [2.24, 2.45) is 0 Å². The van der Waals surface area contributed by atoms with Crippen LogP contribution < -0.4 is 5.32 Å². The number of H-pyrrole nitrogens is 1. The Hall–Kier alpha value is -3.66. The molecule has 1 fully saturated rings. The van der Waals surface area contributed by atoms with E-state index >= 15 is 0 Å². The van der Waals surface area contributed by atoms with Crippen molar-refractivity contribution in [2.45, 2.75) is 64.8 Å². The molecule has 2 aliphatic rings. The van der Waals surface area contributed by atoms with Gasteiger partial charge in [-0.25, -0.2) is 4.98 Å². The molecule has 0 radical (unpaired) electrons. The number of aryl methyl sites for hydroxylation is 1. The second kappa shape index (κ2) is 9.51. The van der Waals surface area contributed by atoms with Crippen molar-refractivity contribution >= 4 is 16.9 Å². The molecule has 1 aromatic carbocycles. The first-order valence-electron chi connectivity index (χ1n) is 13.4. The van der Waals surface area contributed by atoms with E-state index in [-0.39, 0.29) is 12.6 Å². The Labute approximate surface area is 224 Å². The lowest BCUT2D eigenvalue weighted by atomic mass is 9.87. The maximum absolute atomic E-state index is 14.0.